The lowest BCUT2D eigenvalue weighted by Crippen LogP contribution is -2.49. The Morgan fingerprint density at radius 1 is 1.45 bits per heavy atom. The van der Waals surface area contributed by atoms with Crippen molar-refractivity contribution in [2.24, 2.45) is 5.41 Å². The van der Waals surface area contributed by atoms with Gasteiger partial charge in [-0.05, 0) is 59.6 Å². The molecular weight excluding hydrogens is 375 g/mol. The van der Waals surface area contributed by atoms with E-state index in [-0.39, 0.29) is 24.1 Å². The number of methoxy groups -OCH3 is 1. The van der Waals surface area contributed by atoms with E-state index in [1.165, 1.54) is 6.07 Å². The molecule has 7 heteroatoms. The van der Waals surface area contributed by atoms with Gasteiger partial charge >= 0.3 is 0 Å². The van der Waals surface area contributed by atoms with Gasteiger partial charge < -0.3 is 15.4 Å². The second kappa shape index (κ2) is 8.82. The zero-order chi connectivity index (χ0) is 15.3. The van der Waals surface area contributed by atoms with Gasteiger partial charge in [-0.3, -0.25) is 4.79 Å². The number of benzene rings is 1. The lowest BCUT2D eigenvalue weighted by atomic mass is 9.78. The molecule has 22 heavy (non-hydrogen) atoms. The quantitative estimate of drug-likeness (QED) is 0.806. The van der Waals surface area contributed by atoms with Crippen molar-refractivity contribution in [2.45, 2.75) is 19.4 Å². The molecular formula is C15H21BrClFN2O2. The molecule has 1 aromatic carbocycles. The van der Waals surface area contributed by atoms with E-state index in [0.29, 0.717) is 17.6 Å². The summed E-state index contributed by atoms with van der Waals surface area (Å²) >= 11 is 3.12. The van der Waals surface area contributed by atoms with E-state index in [9.17, 15) is 9.18 Å². The van der Waals surface area contributed by atoms with Crippen LogP contribution < -0.4 is 10.6 Å². The largest absolute Gasteiger partial charge is 0.384 e. The molecule has 1 aliphatic heterocycles. The number of nitrogens with one attached hydrogen (secondary N) is 2. The predicted octanol–water partition coefficient (Wildman–Crippen LogP) is 2.64. The molecule has 1 fully saturated rings. The first-order valence-corrected chi connectivity index (χ1v) is 7.78. The summed E-state index contributed by atoms with van der Waals surface area (Å²) in [7, 11) is 1.61. The van der Waals surface area contributed by atoms with E-state index < -0.39 is 5.41 Å². The molecule has 0 aliphatic carbocycles. The number of halogens is 3. The van der Waals surface area contributed by atoms with Crippen molar-refractivity contribution >= 4 is 34.2 Å². The molecule has 4 nitrogen and oxygen atoms in total. The third-order valence-corrected chi connectivity index (χ3v) is 4.54. The SMILES string of the molecule is COCC1(C(=O)NCc2ccc(Br)c(F)c2)CCNCC1.Cl. The molecule has 1 saturated heterocycles. The van der Waals surface area contributed by atoms with Gasteiger partial charge in [0, 0.05) is 13.7 Å². The first-order valence-electron chi connectivity index (χ1n) is 6.99. The summed E-state index contributed by atoms with van der Waals surface area (Å²) in [4.78, 5) is 12.5. The van der Waals surface area contributed by atoms with Crippen LogP contribution in [0.2, 0.25) is 0 Å². The fraction of sp³-hybridized carbons (Fsp3) is 0.533. The van der Waals surface area contributed by atoms with Crippen LogP contribution in [-0.2, 0) is 16.1 Å². The molecule has 124 valence electrons. The van der Waals surface area contributed by atoms with Crippen LogP contribution in [0.25, 0.3) is 0 Å². The number of rotatable bonds is 5. The summed E-state index contributed by atoms with van der Waals surface area (Å²) in [6, 6.07) is 4.86. The molecule has 2 N–H and O–H groups in total. The fourth-order valence-corrected chi connectivity index (χ4v) is 2.88. The third-order valence-electron chi connectivity index (χ3n) is 3.90. The van der Waals surface area contributed by atoms with Crippen LogP contribution in [0.3, 0.4) is 0 Å². The maximum atomic E-state index is 13.5. The van der Waals surface area contributed by atoms with Gasteiger partial charge in [-0.25, -0.2) is 4.39 Å². The maximum absolute atomic E-state index is 13.5. The average Bonchev–Trinajstić information content (AvgIpc) is 2.49. The van der Waals surface area contributed by atoms with Crippen molar-refractivity contribution in [1.82, 2.24) is 10.6 Å². The van der Waals surface area contributed by atoms with Crippen molar-refractivity contribution in [1.29, 1.82) is 0 Å². The molecule has 0 saturated carbocycles. The molecule has 0 atom stereocenters. The Morgan fingerprint density at radius 3 is 2.73 bits per heavy atom. The summed E-state index contributed by atoms with van der Waals surface area (Å²) < 4.78 is 19.1. The van der Waals surface area contributed by atoms with Gasteiger partial charge in [0.2, 0.25) is 5.91 Å². The van der Waals surface area contributed by atoms with Crippen LogP contribution in [0.1, 0.15) is 18.4 Å². The lowest BCUT2D eigenvalue weighted by Gasteiger charge is -2.35. The molecule has 0 radical (unpaired) electrons. The number of carbonyl (C=O) groups excluding carboxylic acids is 1. The third kappa shape index (κ3) is 4.65. The van der Waals surface area contributed by atoms with Crippen molar-refractivity contribution < 1.29 is 13.9 Å². The van der Waals surface area contributed by atoms with Crippen LogP contribution in [0, 0.1) is 11.2 Å². The summed E-state index contributed by atoms with van der Waals surface area (Å²) in [5.41, 5.74) is 0.263. The van der Waals surface area contributed by atoms with Crippen LogP contribution in [0.15, 0.2) is 22.7 Å². The van der Waals surface area contributed by atoms with E-state index in [2.05, 4.69) is 26.6 Å². The molecule has 0 bridgehead atoms. The van der Waals surface area contributed by atoms with Gasteiger partial charge in [0.05, 0.1) is 16.5 Å². The Bertz CT molecular complexity index is 505. The molecule has 0 spiro atoms. The summed E-state index contributed by atoms with van der Waals surface area (Å²) in [5.74, 6) is -0.343. The summed E-state index contributed by atoms with van der Waals surface area (Å²) in [6.45, 7) is 2.35. The highest BCUT2D eigenvalue weighted by Crippen LogP contribution is 2.29. The highest BCUT2D eigenvalue weighted by molar-refractivity contribution is 9.10. The zero-order valence-corrected chi connectivity index (χ0v) is 14.9. The highest BCUT2D eigenvalue weighted by Gasteiger charge is 2.39. The predicted molar refractivity (Wildman–Crippen MR) is 89.6 cm³/mol. The van der Waals surface area contributed by atoms with Gasteiger partial charge in [-0.15, -0.1) is 12.4 Å². The first kappa shape index (κ1) is 19.4. The highest BCUT2D eigenvalue weighted by atomic mass is 79.9. The molecule has 1 heterocycles. The van der Waals surface area contributed by atoms with E-state index in [0.717, 1.165) is 31.5 Å². The number of carbonyl (C=O) groups is 1. The van der Waals surface area contributed by atoms with Gasteiger partial charge in [-0.2, -0.15) is 0 Å². The standard InChI is InChI=1S/C15H20BrFN2O2.ClH/c1-21-10-15(4-6-18-7-5-15)14(20)19-9-11-2-3-12(16)13(17)8-11;/h2-3,8,18H,4-7,9-10H2,1H3,(H,19,20);1H. The summed E-state index contributed by atoms with van der Waals surface area (Å²) in [6.07, 6.45) is 1.50. The minimum absolute atomic E-state index is 0. The minimum Gasteiger partial charge on any atom is -0.384 e. The van der Waals surface area contributed by atoms with Crippen LogP contribution >= 0.6 is 28.3 Å². The maximum Gasteiger partial charge on any atom is 0.228 e. The average molecular weight is 396 g/mol. The second-order valence-electron chi connectivity index (χ2n) is 5.39. The van der Waals surface area contributed by atoms with E-state index in [1.54, 1.807) is 19.2 Å². The smallest absolute Gasteiger partial charge is 0.228 e. The Balaban J connectivity index is 0.00000242. The second-order valence-corrected chi connectivity index (χ2v) is 6.25. The number of hydrogen-bond acceptors (Lipinski definition) is 3. The van der Waals surface area contributed by atoms with Crippen molar-refractivity contribution in [3.63, 3.8) is 0 Å². The van der Waals surface area contributed by atoms with Gasteiger partial charge in [0.25, 0.3) is 0 Å². The van der Waals surface area contributed by atoms with Crippen molar-refractivity contribution in [3.8, 4) is 0 Å². The van der Waals surface area contributed by atoms with Crippen LogP contribution in [-0.4, -0.2) is 32.7 Å². The van der Waals surface area contributed by atoms with E-state index in [1.807, 2.05) is 0 Å². The Kier molecular flexibility index (Phi) is 7.76. The summed E-state index contributed by atoms with van der Waals surface area (Å²) in [5, 5.41) is 6.16. The number of amides is 1. The Hall–Kier alpha value is -0.690. The van der Waals surface area contributed by atoms with Gasteiger partial charge in [0.1, 0.15) is 5.82 Å². The molecule has 1 aliphatic rings. The lowest BCUT2D eigenvalue weighted by molar-refractivity contribution is -0.136. The van der Waals surface area contributed by atoms with E-state index >= 15 is 0 Å². The monoisotopic (exact) mass is 394 g/mol. The van der Waals surface area contributed by atoms with Gasteiger partial charge in [0.15, 0.2) is 0 Å². The van der Waals surface area contributed by atoms with Crippen molar-refractivity contribution in [3.05, 3.63) is 34.1 Å². The fourth-order valence-electron chi connectivity index (χ4n) is 2.64. The Labute approximate surface area is 144 Å². The molecule has 2 rings (SSSR count). The Morgan fingerprint density at radius 2 is 2.14 bits per heavy atom. The first-order chi connectivity index (χ1) is 10.1. The number of ether oxygens (including phenoxy) is 1. The molecule has 1 aromatic rings. The zero-order valence-electron chi connectivity index (χ0n) is 12.5. The van der Waals surface area contributed by atoms with Crippen LogP contribution in [0.5, 0.6) is 0 Å². The van der Waals surface area contributed by atoms with E-state index in [4.69, 9.17) is 4.74 Å². The molecule has 0 unspecified atom stereocenters. The normalized spacial score (nSPS) is 16.7. The molecule has 0 aromatic heterocycles. The van der Waals surface area contributed by atoms with Crippen molar-refractivity contribution in [2.75, 3.05) is 26.8 Å². The number of piperidine rings is 1. The topological polar surface area (TPSA) is 50.4 Å². The molecule has 1 amide bonds. The van der Waals surface area contributed by atoms with Gasteiger partial charge in [-0.1, -0.05) is 6.07 Å². The van der Waals surface area contributed by atoms with Crippen LogP contribution in [0.4, 0.5) is 4.39 Å². The minimum atomic E-state index is -0.478. The number of hydrogen-bond donors (Lipinski definition) is 2.